The van der Waals surface area contributed by atoms with Crippen LogP contribution in [0.4, 0.5) is 11.4 Å². The minimum absolute atomic E-state index is 0.455. The molecule has 0 bridgehead atoms. The average Bonchev–Trinajstić information content (AvgIpc) is 2.74. The van der Waals surface area contributed by atoms with Crippen molar-refractivity contribution in [1.29, 1.82) is 0 Å². The van der Waals surface area contributed by atoms with Gasteiger partial charge in [-0.2, -0.15) is 0 Å². The van der Waals surface area contributed by atoms with E-state index in [1.807, 2.05) is 12.3 Å². The molecule has 2 heterocycles. The van der Waals surface area contributed by atoms with Gasteiger partial charge in [0.2, 0.25) is 0 Å². The zero-order valence-corrected chi connectivity index (χ0v) is 10.5. The van der Waals surface area contributed by atoms with Crippen molar-refractivity contribution in [3.63, 3.8) is 0 Å². The van der Waals surface area contributed by atoms with Gasteiger partial charge in [0.05, 0.1) is 11.9 Å². The molecule has 18 heavy (non-hydrogen) atoms. The molecule has 3 rings (SSSR count). The Hall–Kier alpha value is -1.87. The van der Waals surface area contributed by atoms with Gasteiger partial charge in [-0.05, 0) is 36.6 Å². The van der Waals surface area contributed by atoms with E-state index in [1.165, 1.54) is 11.3 Å². The molecule has 3 nitrogen and oxygen atoms in total. The lowest BCUT2D eigenvalue weighted by atomic mass is 10.1. The Labute approximate surface area is 107 Å². The molecular formula is C15H17N3. The van der Waals surface area contributed by atoms with Crippen molar-refractivity contribution >= 4 is 11.4 Å². The summed E-state index contributed by atoms with van der Waals surface area (Å²) in [5, 5.41) is 0. The van der Waals surface area contributed by atoms with Gasteiger partial charge >= 0.3 is 0 Å². The number of anilines is 2. The molecule has 0 fully saturated rings. The summed E-state index contributed by atoms with van der Waals surface area (Å²) in [7, 11) is 0. The fraction of sp³-hybridized carbons (Fsp3) is 0.267. The summed E-state index contributed by atoms with van der Waals surface area (Å²) in [5.74, 6) is 0. The number of nitrogens with zero attached hydrogens (tertiary/aromatic N) is 2. The monoisotopic (exact) mass is 239 g/mol. The highest BCUT2D eigenvalue weighted by Gasteiger charge is 2.27. The molecule has 1 aromatic heterocycles. The number of aromatic nitrogens is 1. The number of nitrogens with two attached hydrogens (primary N) is 1. The van der Waals surface area contributed by atoms with Crippen molar-refractivity contribution < 1.29 is 0 Å². The van der Waals surface area contributed by atoms with E-state index in [4.69, 9.17) is 5.73 Å². The van der Waals surface area contributed by atoms with Crippen molar-refractivity contribution in [3.05, 3.63) is 53.9 Å². The molecular weight excluding hydrogens is 222 g/mol. The lowest BCUT2D eigenvalue weighted by Gasteiger charge is -2.26. The molecule has 0 amide bonds. The molecule has 2 aromatic rings. The molecule has 92 valence electrons. The number of fused-ring (bicyclic) bond motifs is 1. The van der Waals surface area contributed by atoms with E-state index < -0.39 is 0 Å². The molecule has 0 saturated carbocycles. The highest BCUT2D eigenvalue weighted by atomic mass is 15.2. The van der Waals surface area contributed by atoms with Crippen molar-refractivity contribution in [2.75, 3.05) is 4.90 Å². The van der Waals surface area contributed by atoms with Crippen LogP contribution in [0, 0.1) is 0 Å². The topological polar surface area (TPSA) is 42.2 Å². The smallest absolute Gasteiger partial charge is 0.0645 e. The summed E-state index contributed by atoms with van der Waals surface area (Å²) >= 11 is 0. The zero-order valence-electron chi connectivity index (χ0n) is 10.5. The Morgan fingerprint density at radius 2 is 2.11 bits per heavy atom. The minimum Gasteiger partial charge on any atom is -0.337 e. The summed E-state index contributed by atoms with van der Waals surface area (Å²) in [4.78, 5) is 6.60. The third-order valence-corrected chi connectivity index (χ3v) is 3.57. The molecule has 1 aromatic carbocycles. The van der Waals surface area contributed by atoms with E-state index in [1.54, 1.807) is 6.20 Å². The fourth-order valence-corrected chi connectivity index (χ4v) is 2.74. The second-order valence-electron chi connectivity index (χ2n) is 4.76. The molecule has 1 aliphatic heterocycles. The van der Waals surface area contributed by atoms with Crippen molar-refractivity contribution in [3.8, 4) is 0 Å². The number of benzene rings is 1. The molecule has 0 spiro atoms. The quantitative estimate of drug-likeness (QED) is 0.876. The standard InChI is InChI=1S/C15H17N3/c1-11-8-12-4-2-3-5-14(12)18(11)15-10-17-7-6-13(15)9-16/h2-7,10-11H,8-9,16H2,1H3. The number of para-hydroxylation sites is 1. The van der Waals surface area contributed by atoms with Gasteiger partial charge in [-0.25, -0.2) is 0 Å². The van der Waals surface area contributed by atoms with Gasteiger partial charge in [0.1, 0.15) is 0 Å². The van der Waals surface area contributed by atoms with E-state index in [0.29, 0.717) is 12.6 Å². The fourth-order valence-electron chi connectivity index (χ4n) is 2.74. The first-order valence-electron chi connectivity index (χ1n) is 6.31. The summed E-state index contributed by atoms with van der Waals surface area (Å²) in [6, 6.07) is 11.0. The van der Waals surface area contributed by atoms with Gasteiger partial charge in [0.25, 0.3) is 0 Å². The van der Waals surface area contributed by atoms with Gasteiger partial charge in [0.15, 0.2) is 0 Å². The van der Waals surface area contributed by atoms with E-state index in [0.717, 1.165) is 17.7 Å². The number of hydrogen-bond acceptors (Lipinski definition) is 3. The average molecular weight is 239 g/mol. The van der Waals surface area contributed by atoms with Gasteiger partial charge in [-0.15, -0.1) is 0 Å². The molecule has 0 saturated heterocycles. The maximum Gasteiger partial charge on any atom is 0.0645 e. The second kappa shape index (κ2) is 4.42. The third kappa shape index (κ3) is 1.68. The molecule has 0 radical (unpaired) electrons. The summed E-state index contributed by atoms with van der Waals surface area (Å²) in [6.45, 7) is 2.79. The highest BCUT2D eigenvalue weighted by Crippen LogP contribution is 2.38. The van der Waals surface area contributed by atoms with Gasteiger partial charge in [-0.3, -0.25) is 4.98 Å². The Balaban J connectivity index is 2.12. The van der Waals surface area contributed by atoms with Gasteiger partial charge < -0.3 is 10.6 Å². The number of pyridine rings is 1. The summed E-state index contributed by atoms with van der Waals surface area (Å²) in [6.07, 6.45) is 4.80. The van der Waals surface area contributed by atoms with E-state index in [9.17, 15) is 0 Å². The van der Waals surface area contributed by atoms with Crippen LogP contribution in [0.5, 0.6) is 0 Å². The first-order chi connectivity index (χ1) is 8.81. The Kier molecular flexibility index (Phi) is 2.76. The second-order valence-corrected chi connectivity index (χ2v) is 4.76. The number of hydrogen-bond donors (Lipinski definition) is 1. The van der Waals surface area contributed by atoms with Crippen LogP contribution in [0.2, 0.25) is 0 Å². The lowest BCUT2D eigenvalue weighted by molar-refractivity contribution is 0.753. The van der Waals surface area contributed by atoms with Crippen molar-refractivity contribution in [2.24, 2.45) is 5.73 Å². The molecule has 3 heteroatoms. The van der Waals surface area contributed by atoms with E-state index >= 15 is 0 Å². The molecule has 1 atom stereocenters. The molecule has 2 N–H and O–H groups in total. The third-order valence-electron chi connectivity index (χ3n) is 3.57. The van der Waals surface area contributed by atoms with E-state index in [2.05, 4.69) is 41.1 Å². The highest BCUT2D eigenvalue weighted by molar-refractivity contribution is 5.72. The maximum atomic E-state index is 5.83. The first kappa shape index (κ1) is 11.2. The van der Waals surface area contributed by atoms with Crippen LogP contribution in [0.25, 0.3) is 0 Å². The molecule has 0 aliphatic carbocycles. The van der Waals surface area contributed by atoms with Crippen LogP contribution in [0.15, 0.2) is 42.7 Å². The van der Waals surface area contributed by atoms with Gasteiger partial charge in [-0.1, -0.05) is 18.2 Å². The largest absolute Gasteiger partial charge is 0.337 e. The summed E-state index contributed by atoms with van der Waals surface area (Å²) in [5.41, 5.74) is 10.8. The summed E-state index contributed by atoms with van der Waals surface area (Å²) < 4.78 is 0. The molecule has 1 aliphatic rings. The lowest BCUT2D eigenvalue weighted by Crippen LogP contribution is -2.25. The van der Waals surface area contributed by atoms with Crippen LogP contribution >= 0.6 is 0 Å². The SMILES string of the molecule is CC1Cc2ccccc2N1c1cnccc1CN. The molecule has 1 unspecified atom stereocenters. The van der Waals surface area contributed by atoms with Crippen molar-refractivity contribution in [2.45, 2.75) is 25.9 Å². The Bertz CT molecular complexity index is 565. The minimum atomic E-state index is 0.455. The maximum absolute atomic E-state index is 5.83. The van der Waals surface area contributed by atoms with Crippen LogP contribution in [0.1, 0.15) is 18.1 Å². The van der Waals surface area contributed by atoms with Crippen molar-refractivity contribution in [1.82, 2.24) is 4.98 Å². The van der Waals surface area contributed by atoms with Crippen LogP contribution in [-0.2, 0) is 13.0 Å². The predicted octanol–water partition coefficient (Wildman–Crippen LogP) is 2.62. The van der Waals surface area contributed by atoms with Crippen LogP contribution < -0.4 is 10.6 Å². The van der Waals surface area contributed by atoms with Crippen LogP contribution in [0.3, 0.4) is 0 Å². The van der Waals surface area contributed by atoms with Gasteiger partial charge in [0, 0.05) is 24.5 Å². The Morgan fingerprint density at radius 1 is 1.28 bits per heavy atom. The Morgan fingerprint density at radius 3 is 2.94 bits per heavy atom. The number of rotatable bonds is 2. The first-order valence-corrected chi connectivity index (χ1v) is 6.31. The van der Waals surface area contributed by atoms with E-state index in [-0.39, 0.29) is 0 Å². The normalized spacial score (nSPS) is 17.9. The predicted molar refractivity (Wildman–Crippen MR) is 73.9 cm³/mol. The van der Waals surface area contributed by atoms with Crippen LogP contribution in [-0.4, -0.2) is 11.0 Å². The zero-order chi connectivity index (χ0) is 12.5.